The Morgan fingerprint density at radius 1 is 0.917 bits per heavy atom. The summed E-state index contributed by atoms with van der Waals surface area (Å²) in [6, 6.07) is 22.8. The van der Waals surface area contributed by atoms with Crippen LogP contribution in [0.1, 0.15) is 11.1 Å². The minimum Gasteiger partial charge on any atom is -0.449 e. The SMILES string of the molecule is CN1C(=O)/C(=C/c2cccc(/C=C/C(=O)Nc3ccccc3N3CCOCC3)c2)Oc2ccccc21. The summed E-state index contributed by atoms with van der Waals surface area (Å²) in [4.78, 5) is 29.2. The van der Waals surface area contributed by atoms with Gasteiger partial charge in [0.05, 0.1) is 30.3 Å². The molecule has 3 aromatic carbocycles. The lowest BCUT2D eigenvalue weighted by molar-refractivity contribution is -0.117. The van der Waals surface area contributed by atoms with Gasteiger partial charge >= 0.3 is 0 Å². The Kier molecular flexibility index (Phi) is 6.82. The monoisotopic (exact) mass is 481 g/mol. The van der Waals surface area contributed by atoms with E-state index in [2.05, 4.69) is 10.2 Å². The number of nitrogens with one attached hydrogen (secondary N) is 1. The summed E-state index contributed by atoms with van der Waals surface area (Å²) in [6.07, 6.45) is 4.97. The molecule has 1 fully saturated rings. The van der Waals surface area contributed by atoms with E-state index < -0.39 is 0 Å². The van der Waals surface area contributed by atoms with E-state index in [-0.39, 0.29) is 17.6 Å². The number of hydrogen-bond donors (Lipinski definition) is 1. The molecule has 3 aromatic rings. The molecular weight excluding hydrogens is 454 g/mol. The summed E-state index contributed by atoms with van der Waals surface area (Å²) >= 11 is 0. The van der Waals surface area contributed by atoms with Gasteiger partial charge in [0.25, 0.3) is 5.91 Å². The molecule has 36 heavy (non-hydrogen) atoms. The number of hydrogen-bond acceptors (Lipinski definition) is 5. The highest BCUT2D eigenvalue weighted by Gasteiger charge is 2.27. The van der Waals surface area contributed by atoms with Crippen molar-refractivity contribution in [3.05, 3.63) is 95.8 Å². The molecule has 2 amide bonds. The van der Waals surface area contributed by atoms with Gasteiger partial charge in [0.2, 0.25) is 5.91 Å². The molecule has 2 aliphatic heterocycles. The fraction of sp³-hybridized carbons (Fsp3) is 0.172. The molecule has 0 unspecified atom stereocenters. The van der Waals surface area contributed by atoms with Crippen molar-refractivity contribution in [1.29, 1.82) is 0 Å². The molecule has 0 aromatic heterocycles. The van der Waals surface area contributed by atoms with Crippen LogP contribution in [-0.2, 0) is 14.3 Å². The van der Waals surface area contributed by atoms with Crippen molar-refractivity contribution in [1.82, 2.24) is 0 Å². The zero-order valence-electron chi connectivity index (χ0n) is 20.0. The minimum atomic E-state index is -0.219. The predicted molar refractivity (Wildman–Crippen MR) is 142 cm³/mol. The molecule has 2 aliphatic rings. The van der Waals surface area contributed by atoms with Crippen LogP contribution in [0.3, 0.4) is 0 Å². The van der Waals surface area contributed by atoms with E-state index >= 15 is 0 Å². The average Bonchev–Trinajstić information content (AvgIpc) is 2.91. The van der Waals surface area contributed by atoms with Gasteiger partial charge in [-0.15, -0.1) is 0 Å². The Labute approximate surface area is 210 Å². The maximum absolute atomic E-state index is 12.8. The van der Waals surface area contributed by atoms with Gasteiger partial charge in [-0.3, -0.25) is 9.59 Å². The third kappa shape index (κ3) is 5.16. The first kappa shape index (κ1) is 23.4. The lowest BCUT2D eigenvalue weighted by atomic mass is 10.1. The predicted octanol–water partition coefficient (Wildman–Crippen LogP) is 4.57. The highest BCUT2D eigenvalue weighted by atomic mass is 16.5. The number of likely N-dealkylation sites (N-methyl/N-ethyl adjacent to an activating group) is 1. The van der Waals surface area contributed by atoms with Crippen molar-refractivity contribution < 1.29 is 19.1 Å². The molecular formula is C29H27N3O4. The lowest BCUT2D eigenvalue weighted by Gasteiger charge is -2.30. The first-order valence-corrected chi connectivity index (χ1v) is 11.9. The highest BCUT2D eigenvalue weighted by Crippen LogP contribution is 2.34. The number of fused-ring (bicyclic) bond motifs is 1. The van der Waals surface area contributed by atoms with Crippen molar-refractivity contribution in [2.24, 2.45) is 0 Å². The van der Waals surface area contributed by atoms with E-state index in [0.717, 1.165) is 41.3 Å². The van der Waals surface area contributed by atoms with Gasteiger partial charge in [0.15, 0.2) is 11.5 Å². The van der Waals surface area contributed by atoms with Crippen LogP contribution >= 0.6 is 0 Å². The molecule has 1 N–H and O–H groups in total. The highest BCUT2D eigenvalue weighted by molar-refractivity contribution is 6.09. The molecule has 0 spiro atoms. The summed E-state index contributed by atoms with van der Waals surface area (Å²) in [6.45, 7) is 2.93. The number of rotatable bonds is 5. The smallest absolute Gasteiger partial charge is 0.293 e. The van der Waals surface area contributed by atoms with Gasteiger partial charge < -0.3 is 24.6 Å². The molecule has 0 atom stereocenters. The fourth-order valence-corrected chi connectivity index (χ4v) is 4.26. The Bertz CT molecular complexity index is 1340. The van der Waals surface area contributed by atoms with Crippen molar-refractivity contribution in [2.45, 2.75) is 0 Å². The number of carbonyl (C=O) groups is 2. The van der Waals surface area contributed by atoms with Gasteiger partial charge in [-0.25, -0.2) is 0 Å². The van der Waals surface area contributed by atoms with Crippen LogP contribution in [0.15, 0.2) is 84.6 Å². The normalized spacial score (nSPS) is 16.7. The largest absolute Gasteiger partial charge is 0.449 e. The number of anilines is 3. The van der Waals surface area contributed by atoms with E-state index in [9.17, 15) is 9.59 Å². The number of benzene rings is 3. The molecule has 0 bridgehead atoms. The Morgan fingerprint density at radius 3 is 2.47 bits per heavy atom. The third-order valence-electron chi connectivity index (χ3n) is 6.11. The second kappa shape index (κ2) is 10.5. The topological polar surface area (TPSA) is 71.1 Å². The van der Waals surface area contributed by atoms with Crippen LogP contribution in [-0.4, -0.2) is 45.2 Å². The molecule has 2 heterocycles. The van der Waals surface area contributed by atoms with Crippen LogP contribution in [0.25, 0.3) is 12.2 Å². The molecule has 0 aliphatic carbocycles. The molecule has 0 radical (unpaired) electrons. The van der Waals surface area contributed by atoms with Crippen LogP contribution < -0.4 is 19.9 Å². The van der Waals surface area contributed by atoms with Gasteiger partial charge in [-0.1, -0.05) is 42.5 Å². The summed E-state index contributed by atoms with van der Waals surface area (Å²) in [5, 5.41) is 2.99. The zero-order valence-corrected chi connectivity index (χ0v) is 20.0. The van der Waals surface area contributed by atoms with Crippen LogP contribution in [0.5, 0.6) is 5.75 Å². The minimum absolute atomic E-state index is 0.215. The first-order valence-electron chi connectivity index (χ1n) is 11.9. The Morgan fingerprint density at radius 2 is 1.64 bits per heavy atom. The van der Waals surface area contributed by atoms with E-state index in [1.54, 1.807) is 24.1 Å². The maximum Gasteiger partial charge on any atom is 0.293 e. The summed E-state index contributed by atoms with van der Waals surface area (Å²) in [5.74, 6) is 0.446. The van der Waals surface area contributed by atoms with Gasteiger partial charge in [0, 0.05) is 26.2 Å². The average molecular weight is 482 g/mol. The molecule has 5 rings (SSSR count). The van der Waals surface area contributed by atoms with E-state index in [1.165, 1.54) is 6.08 Å². The Balaban J connectivity index is 1.29. The van der Waals surface area contributed by atoms with Crippen molar-refractivity contribution in [2.75, 3.05) is 48.5 Å². The first-order chi connectivity index (χ1) is 17.6. The third-order valence-corrected chi connectivity index (χ3v) is 6.11. The fourth-order valence-electron chi connectivity index (χ4n) is 4.26. The van der Waals surface area contributed by atoms with E-state index in [1.807, 2.05) is 72.8 Å². The van der Waals surface area contributed by atoms with Gasteiger partial charge in [-0.2, -0.15) is 0 Å². The quantitative estimate of drug-likeness (QED) is 0.541. The van der Waals surface area contributed by atoms with Crippen molar-refractivity contribution in [3.63, 3.8) is 0 Å². The second-order valence-corrected chi connectivity index (χ2v) is 8.55. The standard InChI is InChI=1S/C29H27N3O4/c1-31-25-11-4-5-12-26(25)36-27(29(31)34)20-22-8-6-7-21(19-22)13-14-28(33)30-23-9-2-3-10-24(23)32-15-17-35-18-16-32/h2-14,19-20H,15-18H2,1H3,(H,30,33)/b14-13+,27-20-. The number of amides is 2. The summed E-state index contributed by atoms with van der Waals surface area (Å²) in [5.41, 5.74) is 4.12. The summed E-state index contributed by atoms with van der Waals surface area (Å²) in [7, 11) is 1.73. The molecule has 7 heteroatoms. The van der Waals surface area contributed by atoms with Gasteiger partial charge in [-0.05, 0) is 53.6 Å². The molecule has 7 nitrogen and oxygen atoms in total. The number of carbonyl (C=O) groups excluding carboxylic acids is 2. The Hall–Kier alpha value is -4.36. The number of para-hydroxylation sites is 4. The second-order valence-electron chi connectivity index (χ2n) is 8.55. The number of morpholine rings is 1. The number of ether oxygens (including phenoxy) is 2. The van der Waals surface area contributed by atoms with Crippen LogP contribution in [0, 0.1) is 0 Å². The summed E-state index contributed by atoms with van der Waals surface area (Å²) < 4.78 is 11.3. The van der Waals surface area contributed by atoms with Crippen molar-refractivity contribution in [3.8, 4) is 5.75 Å². The van der Waals surface area contributed by atoms with Crippen molar-refractivity contribution >= 4 is 41.0 Å². The van der Waals surface area contributed by atoms with Crippen LogP contribution in [0.4, 0.5) is 17.1 Å². The van der Waals surface area contributed by atoms with E-state index in [0.29, 0.717) is 19.0 Å². The molecule has 0 saturated carbocycles. The van der Waals surface area contributed by atoms with Crippen LogP contribution in [0.2, 0.25) is 0 Å². The molecule has 182 valence electrons. The maximum atomic E-state index is 12.8. The van der Waals surface area contributed by atoms with E-state index in [4.69, 9.17) is 9.47 Å². The lowest BCUT2D eigenvalue weighted by Crippen LogP contribution is -2.36. The number of nitrogens with zero attached hydrogens (tertiary/aromatic N) is 2. The zero-order chi connectivity index (χ0) is 24.9. The molecule has 1 saturated heterocycles. The van der Waals surface area contributed by atoms with Gasteiger partial charge in [0.1, 0.15) is 0 Å².